The minimum atomic E-state index is -0.518. The molecule has 1 aliphatic heterocycles. The Morgan fingerprint density at radius 1 is 1.40 bits per heavy atom. The van der Waals surface area contributed by atoms with E-state index in [1.165, 1.54) is 12.1 Å². The number of nitrogens with zero attached hydrogens (tertiary/aromatic N) is 2. The van der Waals surface area contributed by atoms with Gasteiger partial charge in [0.1, 0.15) is 5.69 Å². The fourth-order valence-electron chi connectivity index (χ4n) is 2.27. The second kappa shape index (κ2) is 6.23. The van der Waals surface area contributed by atoms with E-state index in [9.17, 15) is 14.9 Å². The number of carbonyl (C=O) groups excluding carboxylic acids is 1. The summed E-state index contributed by atoms with van der Waals surface area (Å²) < 4.78 is 0. The van der Waals surface area contributed by atoms with Gasteiger partial charge in [-0.05, 0) is 25.0 Å². The highest BCUT2D eigenvalue weighted by Crippen LogP contribution is 2.24. The zero-order valence-corrected chi connectivity index (χ0v) is 11.2. The van der Waals surface area contributed by atoms with E-state index >= 15 is 0 Å². The lowest BCUT2D eigenvalue weighted by atomic mass is 10.2. The summed E-state index contributed by atoms with van der Waals surface area (Å²) in [6, 6.07) is 4.47. The van der Waals surface area contributed by atoms with Crippen LogP contribution in [0.3, 0.4) is 0 Å². The molecule has 1 amide bonds. The van der Waals surface area contributed by atoms with Crippen LogP contribution in [0.25, 0.3) is 0 Å². The molecule has 1 aromatic rings. The second-order valence-corrected chi connectivity index (χ2v) is 4.80. The lowest BCUT2D eigenvalue weighted by Crippen LogP contribution is -2.29. The van der Waals surface area contributed by atoms with Gasteiger partial charge in [0, 0.05) is 37.8 Å². The molecule has 0 radical (unpaired) electrons. The number of nitro groups is 1. The molecule has 0 bridgehead atoms. The number of benzene rings is 1. The van der Waals surface area contributed by atoms with Crippen LogP contribution < -0.4 is 11.1 Å². The van der Waals surface area contributed by atoms with Crippen molar-refractivity contribution in [1.82, 2.24) is 4.90 Å². The number of hydrogen-bond donors (Lipinski definition) is 2. The molecule has 0 atom stereocenters. The van der Waals surface area contributed by atoms with E-state index < -0.39 is 4.92 Å². The van der Waals surface area contributed by atoms with Crippen LogP contribution in [0.1, 0.15) is 19.3 Å². The van der Waals surface area contributed by atoms with Gasteiger partial charge in [0.15, 0.2) is 0 Å². The summed E-state index contributed by atoms with van der Waals surface area (Å²) >= 11 is 0. The third-order valence-corrected chi connectivity index (χ3v) is 3.35. The summed E-state index contributed by atoms with van der Waals surface area (Å²) in [5, 5.41) is 13.7. The fourth-order valence-corrected chi connectivity index (χ4v) is 2.27. The lowest BCUT2D eigenvalue weighted by molar-refractivity contribution is -0.383. The molecule has 1 aliphatic rings. The van der Waals surface area contributed by atoms with Crippen molar-refractivity contribution >= 4 is 23.0 Å². The second-order valence-electron chi connectivity index (χ2n) is 4.80. The Labute approximate surface area is 116 Å². The van der Waals surface area contributed by atoms with E-state index in [-0.39, 0.29) is 17.3 Å². The molecular weight excluding hydrogens is 260 g/mol. The number of nitrogen functional groups attached to an aromatic ring is 1. The van der Waals surface area contributed by atoms with Crippen LogP contribution in [0.4, 0.5) is 17.1 Å². The summed E-state index contributed by atoms with van der Waals surface area (Å²) in [7, 11) is 0. The summed E-state index contributed by atoms with van der Waals surface area (Å²) in [4.78, 5) is 23.8. The molecule has 1 fully saturated rings. The van der Waals surface area contributed by atoms with Crippen LogP contribution >= 0.6 is 0 Å². The fraction of sp³-hybridized carbons (Fsp3) is 0.462. The van der Waals surface area contributed by atoms with Gasteiger partial charge in [0.05, 0.1) is 4.92 Å². The first kappa shape index (κ1) is 14.1. The van der Waals surface area contributed by atoms with Gasteiger partial charge in [-0.1, -0.05) is 0 Å². The third kappa shape index (κ3) is 3.37. The number of likely N-dealkylation sites (tertiary alicyclic amines) is 1. The largest absolute Gasteiger partial charge is 0.393 e. The molecule has 3 N–H and O–H groups in total. The van der Waals surface area contributed by atoms with E-state index in [0.29, 0.717) is 18.7 Å². The summed E-state index contributed by atoms with van der Waals surface area (Å²) in [6.45, 7) is 2.19. The quantitative estimate of drug-likeness (QED) is 0.484. The van der Waals surface area contributed by atoms with E-state index in [0.717, 1.165) is 25.9 Å². The third-order valence-electron chi connectivity index (χ3n) is 3.35. The molecule has 1 aromatic carbocycles. The molecule has 0 unspecified atom stereocenters. The molecule has 2 rings (SSSR count). The van der Waals surface area contributed by atoms with Gasteiger partial charge in [-0.25, -0.2) is 0 Å². The minimum absolute atomic E-state index is 0.108. The molecule has 0 spiro atoms. The van der Waals surface area contributed by atoms with E-state index in [1.54, 1.807) is 6.07 Å². The van der Waals surface area contributed by atoms with E-state index in [1.807, 2.05) is 4.90 Å². The average molecular weight is 278 g/mol. The number of carbonyl (C=O) groups is 1. The first-order valence-electron chi connectivity index (χ1n) is 6.63. The highest BCUT2D eigenvalue weighted by Gasteiger charge is 2.17. The topological polar surface area (TPSA) is 102 Å². The zero-order chi connectivity index (χ0) is 14.5. The smallest absolute Gasteiger partial charge is 0.292 e. The predicted molar refractivity (Wildman–Crippen MR) is 76.4 cm³/mol. The molecule has 108 valence electrons. The Kier molecular flexibility index (Phi) is 4.39. The molecule has 0 aromatic heterocycles. The van der Waals surface area contributed by atoms with Crippen molar-refractivity contribution in [2.75, 3.05) is 30.7 Å². The monoisotopic (exact) mass is 278 g/mol. The van der Waals surface area contributed by atoms with Crippen molar-refractivity contribution in [3.63, 3.8) is 0 Å². The molecule has 20 heavy (non-hydrogen) atoms. The molecule has 1 saturated heterocycles. The van der Waals surface area contributed by atoms with Gasteiger partial charge < -0.3 is 16.0 Å². The Morgan fingerprint density at radius 3 is 2.70 bits per heavy atom. The summed E-state index contributed by atoms with van der Waals surface area (Å²) in [5.74, 6) is 0.143. The minimum Gasteiger partial charge on any atom is -0.393 e. The van der Waals surface area contributed by atoms with Gasteiger partial charge in [0.2, 0.25) is 5.91 Å². The first-order valence-corrected chi connectivity index (χ1v) is 6.63. The predicted octanol–water partition coefficient (Wildman–Crippen LogP) is 1.60. The number of amides is 1. The van der Waals surface area contributed by atoms with E-state index in [4.69, 9.17) is 5.73 Å². The molecule has 0 saturated carbocycles. The standard InChI is InChI=1S/C13H18N4O3/c14-11-9-10(3-4-12(11)17(19)20)15-6-5-13(18)16-7-1-2-8-16/h3-4,9,15H,1-2,5-8,14H2. The number of nitro benzene ring substituents is 1. The number of nitrogens with two attached hydrogens (primary N) is 1. The van der Waals surface area contributed by atoms with Gasteiger partial charge in [-0.3, -0.25) is 14.9 Å². The number of nitrogens with one attached hydrogen (secondary N) is 1. The lowest BCUT2D eigenvalue weighted by Gasteiger charge is -2.15. The Hall–Kier alpha value is -2.31. The van der Waals surface area contributed by atoms with Crippen LogP contribution in [-0.2, 0) is 4.79 Å². The van der Waals surface area contributed by atoms with Crippen molar-refractivity contribution < 1.29 is 9.72 Å². The van der Waals surface area contributed by atoms with Crippen molar-refractivity contribution in [3.05, 3.63) is 28.3 Å². The van der Waals surface area contributed by atoms with Crippen LogP contribution in [0.2, 0.25) is 0 Å². The van der Waals surface area contributed by atoms with Gasteiger partial charge in [-0.15, -0.1) is 0 Å². The highest BCUT2D eigenvalue weighted by atomic mass is 16.6. The zero-order valence-electron chi connectivity index (χ0n) is 11.2. The number of rotatable bonds is 5. The van der Waals surface area contributed by atoms with Crippen molar-refractivity contribution in [1.29, 1.82) is 0 Å². The molecule has 7 heteroatoms. The van der Waals surface area contributed by atoms with E-state index in [2.05, 4.69) is 5.32 Å². The molecule has 1 heterocycles. The van der Waals surface area contributed by atoms with Crippen LogP contribution in [0.5, 0.6) is 0 Å². The number of anilines is 2. The Balaban J connectivity index is 1.83. The summed E-state index contributed by atoms with van der Waals surface area (Å²) in [6.07, 6.45) is 2.58. The number of hydrogen-bond acceptors (Lipinski definition) is 5. The maximum atomic E-state index is 11.8. The maximum Gasteiger partial charge on any atom is 0.292 e. The first-order chi connectivity index (χ1) is 9.58. The Morgan fingerprint density at radius 2 is 2.10 bits per heavy atom. The summed E-state index contributed by atoms with van der Waals surface area (Å²) in [5.41, 5.74) is 6.29. The Bertz CT molecular complexity index is 512. The SMILES string of the molecule is Nc1cc(NCCC(=O)N2CCCC2)ccc1[N+](=O)[O-]. The molecule has 0 aliphatic carbocycles. The normalized spacial score (nSPS) is 14.3. The van der Waals surface area contributed by atoms with Crippen molar-refractivity contribution in [3.8, 4) is 0 Å². The highest BCUT2D eigenvalue weighted by molar-refractivity contribution is 5.77. The molecule has 7 nitrogen and oxygen atoms in total. The van der Waals surface area contributed by atoms with Crippen LogP contribution in [0.15, 0.2) is 18.2 Å². The van der Waals surface area contributed by atoms with Gasteiger partial charge in [0.25, 0.3) is 5.69 Å². The van der Waals surface area contributed by atoms with Crippen LogP contribution in [-0.4, -0.2) is 35.4 Å². The van der Waals surface area contributed by atoms with Crippen LogP contribution in [0, 0.1) is 10.1 Å². The van der Waals surface area contributed by atoms with Crippen molar-refractivity contribution in [2.24, 2.45) is 0 Å². The molecular formula is C13H18N4O3. The van der Waals surface area contributed by atoms with Crippen molar-refractivity contribution in [2.45, 2.75) is 19.3 Å². The van der Waals surface area contributed by atoms with Gasteiger partial charge in [-0.2, -0.15) is 0 Å². The van der Waals surface area contributed by atoms with Gasteiger partial charge >= 0.3 is 0 Å². The maximum absolute atomic E-state index is 11.8. The average Bonchev–Trinajstić information content (AvgIpc) is 2.92.